The van der Waals surface area contributed by atoms with Gasteiger partial charge in [-0.1, -0.05) is 0 Å². The van der Waals surface area contributed by atoms with Gasteiger partial charge in [0.15, 0.2) is 6.29 Å². The van der Waals surface area contributed by atoms with Crippen LogP contribution in [0.1, 0.15) is 0 Å². The Morgan fingerprint density at radius 1 is 1.00 bits per heavy atom. The quantitative estimate of drug-likeness (QED) is 0.377. The van der Waals surface area contributed by atoms with Gasteiger partial charge in [-0.25, -0.2) is 0 Å². The predicted molar refractivity (Wildman–Crippen MR) is 32.6 cm³/mol. The second kappa shape index (κ2) is 2.40. The van der Waals surface area contributed by atoms with E-state index < -0.39 is 30.7 Å². The van der Waals surface area contributed by atoms with Crippen LogP contribution < -0.4 is 0 Å². The molecule has 5 atom stereocenters. The molecule has 2 rings (SSSR count). The van der Waals surface area contributed by atoms with E-state index in [4.69, 9.17) is 14.6 Å². The fourth-order valence-corrected chi connectivity index (χ4v) is 1.38. The molecule has 2 aliphatic rings. The van der Waals surface area contributed by atoms with Crippen molar-refractivity contribution < 1.29 is 24.8 Å². The molecule has 2 heterocycles. The molecule has 3 N–H and O–H groups in total. The van der Waals surface area contributed by atoms with Gasteiger partial charge in [0.25, 0.3) is 0 Å². The number of aliphatic hydroxyl groups is 3. The largest absolute Gasteiger partial charge is 0.387 e. The van der Waals surface area contributed by atoms with Gasteiger partial charge >= 0.3 is 0 Å². The highest BCUT2D eigenvalue weighted by Gasteiger charge is 2.48. The molecule has 5 nitrogen and oxygen atoms in total. The van der Waals surface area contributed by atoms with Crippen LogP contribution >= 0.6 is 0 Å². The smallest absolute Gasteiger partial charge is 0.186 e. The normalized spacial score (nSPS) is 56.5. The Morgan fingerprint density at radius 3 is 2.45 bits per heavy atom. The van der Waals surface area contributed by atoms with Gasteiger partial charge in [-0.15, -0.1) is 0 Å². The maximum absolute atomic E-state index is 9.22. The summed E-state index contributed by atoms with van der Waals surface area (Å²) < 4.78 is 9.95. The fraction of sp³-hybridized carbons (Fsp3) is 1.00. The Hall–Kier alpha value is -0.200. The van der Waals surface area contributed by atoms with Crippen LogP contribution in [0.2, 0.25) is 0 Å². The van der Waals surface area contributed by atoms with Crippen molar-refractivity contribution >= 4 is 0 Å². The van der Waals surface area contributed by atoms with E-state index in [9.17, 15) is 10.2 Å². The number of hydrogen-bond acceptors (Lipinski definition) is 5. The molecule has 2 saturated heterocycles. The maximum Gasteiger partial charge on any atom is 0.186 e. The zero-order valence-corrected chi connectivity index (χ0v) is 5.75. The van der Waals surface area contributed by atoms with Crippen LogP contribution in [0.3, 0.4) is 0 Å². The Morgan fingerprint density at radius 2 is 1.73 bits per heavy atom. The lowest BCUT2D eigenvalue weighted by atomic mass is 10.0. The summed E-state index contributed by atoms with van der Waals surface area (Å²) in [6.45, 7) is 0.236. The molecule has 0 aromatic rings. The summed E-state index contributed by atoms with van der Waals surface area (Å²) in [7, 11) is 0. The minimum Gasteiger partial charge on any atom is -0.387 e. The van der Waals surface area contributed by atoms with Crippen molar-refractivity contribution in [1.29, 1.82) is 0 Å². The molecule has 0 amide bonds. The van der Waals surface area contributed by atoms with E-state index in [1.54, 1.807) is 0 Å². The highest BCUT2D eigenvalue weighted by Crippen LogP contribution is 2.27. The third-order valence-corrected chi connectivity index (χ3v) is 2.09. The van der Waals surface area contributed by atoms with Crippen molar-refractivity contribution in [2.75, 3.05) is 6.61 Å². The average Bonchev–Trinajstić information content (AvgIpc) is 2.44. The molecule has 2 fully saturated rings. The third-order valence-electron chi connectivity index (χ3n) is 2.09. The van der Waals surface area contributed by atoms with Crippen LogP contribution in [0.25, 0.3) is 0 Å². The van der Waals surface area contributed by atoms with Crippen molar-refractivity contribution in [1.82, 2.24) is 0 Å². The molecule has 11 heavy (non-hydrogen) atoms. The summed E-state index contributed by atoms with van der Waals surface area (Å²) in [5.74, 6) is 0. The van der Waals surface area contributed by atoms with Crippen molar-refractivity contribution in [2.24, 2.45) is 0 Å². The van der Waals surface area contributed by atoms with Crippen LogP contribution in [0.15, 0.2) is 0 Å². The van der Waals surface area contributed by atoms with Crippen LogP contribution in [-0.4, -0.2) is 52.6 Å². The fourth-order valence-electron chi connectivity index (χ4n) is 1.38. The van der Waals surface area contributed by atoms with Crippen LogP contribution in [0, 0.1) is 0 Å². The Labute approximate surface area is 63.2 Å². The van der Waals surface area contributed by atoms with Gasteiger partial charge in [-0.05, 0) is 0 Å². The standard InChI is InChI=1S/C6H10O5/c7-3-2-1-10-6(11-2)5(9)4(3)8/h2-9H,1H2/t2-,3?,4?,5-,6?/m1/s1. The molecule has 2 bridgehead atoms. The summed E-state index contributed by atoms with van der Waals surface area (Å²) in [5.41, 5.74) is 0. The minimum atomic E-state index is -1.15. The molecule has 5 heteroatoms. The highest BCUT2D eigenvalue weighted by molar-refractivity contribution is 4.92. The molecule has 0 spiro atoms. The molecular formula is C6H10O5. The van der Waals surface area contributed by atoms with E-state index in [2.05, 4.69) is 0 Å². The first-order valence-electron chi connectivity index (χ1n) is 3.51. The van der Waals surface area contributed by atoms with Gasteiger partial charge in [0, 0.05) is 0 Å². The van der Waals surface area contributed by atoms with E-state index >= 15 is 0 Å². The zero-order valence-electron chi connectivity index (χ0n) is 5.75. The van der Waals surface area contributed by atoms with Crippen molar-refractivity contribution in [3.63, 3.8) is 0 Å². The molecule has 3 unspecified atom stereocenters. The number of hydrogen-bond donors (Lipinski definition) is 3. The van der Waals surface area contributed by atoms with Crippen molar-refractivity contribution in [3.8, 4) is 0 Å². The van der Waals surface area contributed by atoms with Crippen molar-refractivity contribution in [2.45, 2.75) is 30.7 Å². The third kappa shape index (κ3) is 0.969. The molecule has 0 aromatic carbocycles. The van der Waals surface area contributed by atoms with E-state index in [1.807, 2.05) is 0 Å². The monoisotopic (exact) mass is 162 g/mol. The molecule has 64 valence electrons. The first-order chi connectivity index (χ1) is 5.20. The predicted octanol–water partition coefficient (Wildman–Crippen LogP) is -2.18. The summed E-state index contributed by atoms with van der Waals surface area (Å²) in [6.07, 6.45) is -4.58. The van der Waals surface area contributed by atoms with Crippen molar-refractivity contribution in [3.05, 3.63) is 0 Å². The van der Waals surface area contributed by atoms with E-state index in [1.165, 1.54) is 0 Å². The summed E-state index contributed by atoms with van der Waals surface area (Å²) in [5, 5.41) is 27.6. The minimum absolute atomic E-state index is 0.236. The molecule has 2 aliphatic heterocycles. The first kappa shape index (κ1) is 7.45. The summed E-state index contributed by atoms with van der Waals surface area (Å²) in [6, 6.07) is 0. The average molecular weight is 162 g/mol. The van der Waals surface area contributed by atoms with Crippen LogP contribution in [-0.2, 0) is 9.47 Å². The lowest BCUT2D eigenvalue weighted by Crippen LogP contribution is -2.53. The number of ether oxygens (including phenoxy) is 2. The molecule has 0 saturated carbocycles. The summed E-state index contributed by atoms with van der Waals surface area (Å²) >= 11 is 0. The maximum atomic E-state index is 9.22. The second-order valence-electron chi connectivity index (χ2n) is 2.85. The summed E-state index contributed by atoms with van der Waals surface area (Å²) in [4.78, 5) is 0. The van der Waals surface area contributed by atoms with Crippen LogP contribution in [0.5, 0.6) is 0 Å². The van der Waals surface area contributed by atoms with Crippen LogP contribution in [0.4, 0.5) is 0 Å². The number of rotatable bonds is 0. The SMILES string of the molecule is OC1C(O)[C@H]2COC(O2)[C@@H]1O. The number of fused-ring (bicyclic) bond motifs is 2. The van der Waals surface area contributed by atoms with Gasteiger partial charge in [-0.3, -0.25) is 0 Å². The molecule has 0 radical (unpaired) electrons. The molecule has 0 aromatic heterocycles. The van der Waals surface area contributed by atoms with E-state index in [0.717, 1.165) is 0 Å². The lowest BCUT2D eigenvalue weighted by Gasteiger charge is -2.32. The van der Waals surface area contributed by atoms with E-state index in [0.29, 0.717) is 0 Å². The number of aliphatic hydroxyl groups excluding tert-OH is 3. The second-order valence-corrected chi connectivity index (χ2v) is 2.85. The van der Waals surface area contributed by atoms with Gasteiger partial charge in [0.05, 0.1) is 6.61 Å². The van der Waals surface area contributed by atoms with Gasteiger partial charge in [0.2, 0.25) is 0 Å². The lowest BCUT2D eigenvalue weighted by molar-refractivity contribution is -0.228. The Kier molecular flexibility index (Phi) is 1.62. The van der Waals surface area contributed by atoms with E-state index in [-0.39, 0.29) is 6.61 Å². The van der Waals surface area contributed by atoms with Gasteiger partial charge < -0.3 is 24.8 Å². The molecular weight excluding hydrogens is 152 g/mol. The van der Waals surface area contributed by atoms with Gasteiger partial charge in [0.1, 0.15) is 24.4 Å². The Bertz CT molecular complexity index is 141. The zero-order chi connectivity index (χ0) is 8.01. The Balaban J connectivity index is 2.16. The van der Waals surface area contributed by atoms with Gasteiger partial charge in [-0.2, -0.15) is 0 Å². The highest BCUT2D eigenvalue weighted by atomic mass is 16.7. The first-order valence-corrected chi connectivity index (χ1v) is 3.51. The molecule has 0 aliphatic carbocycles. The topological polar surface area (TPSA) is 79.2 Å².